The lowest BCUT2D eigenvalue weighted by Crippen LogP contribution is -2.39. The molecule has 0 saturated carbocycles. The van der Waals surface area contributed by atoms with Gasteiger partial charge in [-0.1, -0.05) is 29.6 Å². The van der Waals surface area contributed by atoms with Crippen LogP contribution in [-0.4, -0.2) is 26.5 Å². The highest BCUT2D eigenvalue weighted by atomic mass is 35.5. The first-order valence-corrected chi connectivity index (χ1v) is 9.08. The number of rotatable bonds is 3. The van der Waals surface area contributed by atoms with E-state index in [1.807, 2.05) is 0 Å². The summed E-state index contributed by atoms with van der Waals surface area (Å²) in [6.07, 6.45) is 2.38. The van der Waals surface area contributed by atoms with Gasteiger partial charge in [0.1, 0.15) is 0 Å². The van der Waals surface area contributed by atoms with Gasteiger partial charge in [0.2, 0.25) is 0 Å². The lowest BCUT2D eigenvalue weighted by molar-refractivity contribution is 0.470. The molecule has 2 heterocycles. The summed E-state index contributed by atoms with van der Waals surface area (Å²) in [5.74, 6) is 0.269. The molecule has 2 unspecified atom stereocenters. The molecule has 0 spiro atoms. The molecule has 1 aliphatic heterocycles. The van der Waals surface area contributed by atoms with Crippen LogP contribution in [0.25, 0.3) is 0 Å². The van der Waals surface area contributed by atoms with Crippen LogP contribution >= 0.6 is 34.5 Å². The molecule has 3 nitrogen and oxygen atoms in total. The smallest absolute Gasteiger partial charge is 0.155 e. The molecule has 0 aliphatic carbocycles. The minimum atomic E-state index is -3.05. The minimum absolute atomic E-state index is 0.269. The van der Waals surface area contributed by atoms with Crippen LogP contribution in [0, 0.1) is 0 Å². The van der Waals surface area contributed by atoms with Crippen molar-refractivity contribution in [3.8, 4) is 0 Å². The van der Waals surface area contributed by atoms with Gasteiger partial charge in [-0.2, -0.15) is 0 Å². The van der Waals surface area contributed by atoms with E-state index in [2.05, 4.69) is 5.32 Å². The number of hydrogen-bond acceptors (Lipinski definition) is 4. The maximum absolute atomic E-state index is 12.2. The Morgan fingerprint density at radius 2 is 2.17 bits per heavy atom. The first-order valence-electron chi connectivity index (χ1n) is 5.79. The number of halogens is 2. The van der Waals surface area contributed by atoms with E-state index in [0.29, 0.717) is 15.1 Å². The van der Waals surface area contributed by atoms with Crippen LogP contribution in [0.3, 0.4) is 0 Å². The van der Waals surface area contributed by atoms with E-state index in [-0.39, 0.29) is 11.8 Å². The molecule has 1 aromatic rings. The Morgan fingerprint density at radius 1 is 1.44 bits per heavy atom. The average molecular weight is 328 g/mol. The highest BCUT2D eigenvalue weighted by molar-refractivity contribution is 7.92. The van der Waals surface area contributed by atoms with Crippen LogP contribution in [-0.2, 0) is 9.84 Å². The van der Waals surface area contributed by atoms with Crippen molar-refractivity contribution in [3.05, 3.63) is 20.3 Å². The first-order chi connectivity index (χ1) is 8.45. The van der Waals surface area contributed by atoms with Gasteiger partial charge in [-0.05, 0) is 26.0 Å². The molecule has 1 N–H and O–H groups in total. The summed E-state index contributed by atoms with van der Waals surface area (Å²) >= 11 is 13.3. The van der Waals surface area contributed by atoms with Gasteiger partial charge in [-0.25, -0.2) is 8.42 Å². The molecule has 102 valence electrons. The number of nitrogens with one attached hydrogen (secondary N) is 1. The van der Waals surface area contributed by atoms with E-state index >= 15 is 0 Å². The van der Waals surface area contributed by atoms with Gasteiger partial charge >= 0.3 is 0 Å². The van der Waals surface area contributed by atoms with E-state index in [1.54, 1.807) is 13.1 Å². The van der Waals surface area contributed by atoms with E-state index in [9.17, 15) is 8.42 Å². The van der Waals surface area contributed by atoms with Gasteiger partial charge in [0.15, 0.2) is 9.84 Å². The maximum Gasteiger partial charge on any atom is 0.155 e. The zero-order chi connectivity index (χ0) is 13.3. The summed E-state index contributed by atoms with van der Waals surface area (Å²) in [6, 6.07) is 1.49. The Hall–Kier alpha value is 0.190. The van der Waals surface area contributed by atoms with Crippen molar-refractivity contribution < 1.29 is 8.42 Å². The molecule has 18 heavy (non-hydrogen) atoms. The lowest BCUT2D eigenvalue weighted by atomic mass is 10.0. The quantitative estimate of drug-likeness (QED) is 0.926. The second-order valence-corrected chi connectivity index (χ2v) is 9.07. The molecule has 2 rings (SSSR count). The molecule has 0 bridgehead atoms. The van der Waals surface area contributed by atoms with Crippen LogP contribution in [0.5, 0.6) is 0 Å². The molecular formula is C11H15Cl2NO2S2. The van der Waals surface area contributed by atoms with Crippen molar-refractivity contribution in [1.29, 1.82) is 0 Å². The summed E-state index contributed by atoms with van der Waals surface area (Å²) in [5.41, 5.74) is 0.796. The van der Waals surface area contributed by atoms with E-state index in [4.69, 9.17) is 23.2 Å². The molecule has 1 saturated heterocycles. The fraction of sp³-hybridized carbons (Fsp3) is 0.636. The molecule has 2 atom stereocenters. The third kappa shape index (κ3) is 2.85. The highest BCUT2D eigenvalue weighted by Crippen LogP contribution is 2.39. The lowest BCUT2D eigenvalue weighted by Gasteiger charge is -2.29. The van der Waals surface area contributed by atoms with Crippen LogP contribution in [0.4, 0.5) is 0 Å². The van der Waals surface area contributed by atoms with Gasteiger partial charge in [0.05, 0.1) is 25.7 Å². The summed E-state index contributed by atoms with van der Waals surface area (Å²) in [6.45, 7) is 0. The predicted molar refractivity (Wildman–Crippen MR) is 77.6 cm³/mol. The van der Waals surface area contributed by atoms with Gasteiger partial charge in [-0.15, -0.1) is 11.3 Å². The largest absolute Gasteiger partial charge is 0.312 e. The van der Waals surface area contributed by atoms with Crippen molar-refractivity contribution in [2.45, 2.75) is 30.6 Å². The van der Waals surface area contributed by atoms with E-state index < -0.39 is 15.1 Å². The number of thiophene rings is 1. The minimum Gasteiger partial charge on any atom is -0.312 e. The van der Waals surface area contributed by atoms with Crippen molar-refractivity contribution in [2.24, 2.45) is 0 Å². The standard InChI is InChI=1S/C11H15Cl2NO2S2/c1-14-10(7-6-9(12)17-11(7)13)8-4-2-3-5-18(8,15)16/h6,8,10,14H,2-5H2,1H3. The SMILES string of the molecule is CNC(c1cc(Cl)sc1Cl)C1CCCCS1(=O)=O. The first kappa shape index (κ1) is 14.6. The summed E-state index contributed by atoms with van der Waals surface area (Å²) in [4.78, 5) is 0. The highest BCUT2D eigenvalue weighted by Gasteiger charge is 2.36. The molecule has 1 fully saturated rings. The monoisotopic (exact) mass is 327 g/mol. The Bertz CT molecular complexity index is 527. The molecule has 1 aliphatic rings. The Kier molecular flexibility index (Phi) is 4.60. The zero-order valence-corrected chi connectivity index (χ0v) is 13.1. The normalized spacial score (nSPS) is 24.9. The van der Waals surface area contributed by atoms with Gasteiger partial charge < -0.3 is 5.32 Å². The Labute approximate surface area is 121 Å². The zero-order valence-electron chi connectivity index (χ0n) is 9.95. The van der Waals surface area contributed by atoms with Gasteiger partial charge in [0.25, 0.3) is 0 Å². The van der Waals surface area contributed by atoms with Crippen molar-refractivity contribution in [1.82, 2.24) is 5.32 Å². The second kappa shape index (κ2) is 5.67. The molecule has 0 amide bonds. The van der Waals surface area contributed by atoms with Gasteiger partial charge in [-0.3, -0.25) is 0 Å². The summed E-state index contributed by atoms with van der Waals surface area (Å²) in [7, 11) is -1.29. The average Bonchev–Trinajstić information content (AvgIpc) is 2.61. The van der Waals surface area contributed by atoms with Crippen LogP contribution in [0.15, 0.2) is 6.07 Å². The Balaban J connectivity index is 2.36. The molecule has 0 radical (unpaired) electrons. The topological polar surface area (TPSA) is 46.2 Å². The third-order valence-electron chi connectivity index (χ3n) is 3.33. The number of hydrogen-bond donors (Lipinski definition) is 1. The van der Waals surface area contributed by atoms with Crippen molar-refractivity contribution in [2.75, 3.05) is 12.8 Å². The van der Waals surface area contributed by atoms with Crippen LogP contribution in [0.1, 0.15) is 30.9 Å². The van der Waals surface area contributed by atoms with E-state index in [1.165, 1.54) is 11.3 Å². The molecule has 1 aromatic heterocycles. The Morgan fingerprint density at radius 3 is 2.67 bits per heavy atom. The predicted octanol–water partition coefficient (Wildman–Crippen LogP) is 3.28. The van der Waals surface area contributed by atoms with Crippen LogP contribution < -0.4 is 5.32 Å². The van der Waals surface area contributed by atoms with E-state index in [0.717, 1.165) is 18.4 Å². The molecule has 0 aromatic carbocycles. The summed E-state index contributed by atoms with van der Waals surface area (Å²) in [5, 5.41) is 2.68. The second-order valence-electron chi connectivity index (χ2n) is 4.45. The van der Waals surface area contributed by atoms with Crippen molar-refractivity contribution >= 4 is 44.4 Å². The number of sulfone groups is 1. The van der Waals surface area contributed by atoms with Crippen molar-refractivity contribution in [3.63, 3.8) is 0 Å². The fourth-order valence-corrected chi connectivity index (χ4v) is 6.14. The third-order valence-corrected chi connectivity index (χ3v) is 7.14. The fourth-order valence-electron chi connectivity index (χ4n) is 2.46. The molecular weight excluding hydrogens is 313 g/mol. The van der Waals surface area contributed by atoms with Crippen LogP contribution in [0.2, 0.25) is 8.67 Å². The summed E-state index contributed by atoms with van der Waals surface area (Å²) < 4.78 is 25.5. The van der Waals surface area contributed by atoms with Gasteiger partial charge in [0, 0.05) is 5.56 Å². The molecule has 7 heteroatoms. The maximum atomic E-state index is 12.2.